The minimum absolute atomic E-state index is 0.173. The maximum Gasteiger partial charge on any atom is 0.250 e. The Hall–Kier alpha value is -3.01. The second-order valence-corrected chi connectivity index (χ2v) is 5.33. The molecule has 0 fully saturated rings. The van der Waals surface area contributed by atoms with Gasteiger partial charge in [0.05, 0.1) is 23.7 Å². The molecule has 0 saturated carbocycles. The Morgan fingerprint density at radius 1 is 1.04 bits per heavy atom. The smallest absolute Gasteiger partial charge is 0.250 e. The number of hydrogen-bond donors (Lipinski definition) is 0. The lowest BCUT2D eigenvalue weighted by atomic mass is 10.1. The third-order valence-electron chi connectivity index (χ3n) is 3.45. The van der Waals surface area contributed by atoms with E-state index in [9.17, 15) is 4.79 Å². The van der Waals surface area contributed by atoms with Crippen LogP contribution in [0.5, 0.6) is 0 Å². The average Bonchev–Trinajstić information content (AvgIpc) is 2.58. The zero-order chi connectivity index (χ0) is 16.1. The van der Waals surface area contributed by atoms with E-state index in [1.165, 1.54) is 5.56 Å². The van der Waals surface area contributed by atoms with Crippen molar-refractivity contribution >= 4 is 5.91 Å². The van der Waals surface area contributed by atoms with E-state index in [1.54, 1.807) is 23.1 Å². The summed E-state index contributed by atoms with van der Waals surface area (Å²) in [5, 5.41) is 4.86. The lowest BCUT2D eigenvalue weighted by molar-refractivity contribution is -0.117. The van der Waals surface area contributed by atoms with Crippen LogP contribution < -0.4 is 5.36 Å². The van der Waals surface area contributed by atoms with E-state index in [0.29, 0.717) is 11.8 Å². The van der Waals surface area contributed by atoms with Crippen LogP contribution in [0, 0.1) is 6.92 Å². The van der Waals surface area contributed by atoms with Crippen molar-refractivity contribution < 1.29 is 4.79 Å². The van der Waals surface area contributed by atoms with Gasteiger partial charge in [0, 0.05) is 6.20 Å². The van der Waals surface area contributed by atoms with Crippen molar-refractivity contribution in [2.24, 2.45) is 4.99 Å². The van der Waals surface area contributed by atoms with Crippen molar-refractivity contribution in [2.75, 3.05) is 0 Å². The topological polar surface area (TPSA) is 47.2 Å². The normalized spacial score (nSPS) is 11.4. The summed E-state index contributed by atoms with van der Waals surface area (Å²) >= 11 is 0. The standard InChI is InChI=1S/C19H17N3O/c1-15-7-9-16(10-8-15)13-19(23)21-17-11-12-22(20-14-17)18-5-3-2-4-6-18/h2-12,14H,13H2,1H3. The summed E-state index contributed by atoms with van der Waals surface area (Å²) in [6.45, 7) is 2.02. The van der Waals surface area contributed by atoms with Crippen LogP contribution in [0.4, 0.5) is 0 Å². The van der Waals surface area contributed by atoms with Crippen molar-refractivity contribution in [1.29, 1.82) is 0 Å². The SMILES string of the molecule is Cc1ccc(CC(=O)N=c2ccn(-c3ccccc3)nc2)cc1. The molecule has 0 aliphatic carbocycles. The predicted molar refractivity (Wildman–Crippen MR) is 89.0 cm³/mol. The Morgan fingerprint density at radius 2 is 1.78 bits per heavy atom. The first kappa shape index (κ1) is 14.9. The van der Waals surface area contributed by atoms with Crippen LogP contribution in [0.3, 0.4) is 0 Å². The van der Waals surface area contributed by atoms with E-state index in [0.717, 1.165) is 11.3 Å². The van der Waals surface area contributed by atoms with E-state index >= 15 is 0 Å². The summed E-state index contributed by atoms with van der Waals surface area (Å²) in [4.78, 5) is 16.1. The van der Waals surface area contributed by atoms with Gasteiger partial charge in [-0.3, -0.25) is 4.79 Å². The first-order valence-corrected chi connectivity index (χ1v) is 7.44. The van der Waals surface area contributed by atoms with Crippen molar-refractivity contribution in [3.63, 3.8) is 0 Å². The number of amides is 1. The number of aryl methyl sites for hydroxylation is 1. The molecular formula is C19H17N3O. The van der Waals surface area contributed by atoms with Gasteiger partial charge in [-0.15, -0.1) is 0 Å². The molecule has 23 heavy (non-hydrogen) atoms. The molecule has 0 aliphatic heterocycles. The van der Waals surface area contributed by atoms with Gasteiger partial charge in [-0.1, -0.05) is 48.0 Å². The summed E-state index contributed by atoms with van der Waals surface area (Å²) in [6, 6.07) is 19.5. The van der Waals surface area contributed by atoms with Gasteiger partial charge in [0.15, 0.2) is 0 Å². The summed E-state index contributed by atoms with van der Waals surface area (Å²) in [5.74, 6) is -0.173. The molecule has 0 spiro atoms. The molecule has 4 nitrogen and oxygen atoms in total. The summed E-state index contributed by atoms with van der Waals surface area (Å²) < 4.78 is 1.74. The molecule has 0 radical (unpaired) electrons. The van der Waals surface area contributed by atoms with E-state index < -0.39 is 0 Å². The lowest BCUT2D eigenvalue weighted by Gasteiger charge is -2.03. The van der Waals surface area contributed by atoms with E-state index in [-0.39, 0.29) is 5.91 Å². The minimum atomic E-state index is -0.173. The van der Waals surface area contributed by atoms with Crippen LogP contribution in [0.2, 0.25) is 0 Å². The van der Waals surface area contributed by atoms with Gasteiger partial charge in [-0.25, -0.2) is 9.67 Å². The molecule has 1 amide bonds. The van der Waals surface area contributed by atoms with Gasteiger partial charge < -0.3 is 0 Å². The summed E-state index contributed by atoms with van der Waals surface area (Å²) in [6.07, 6.45) is 3.70. The van der Waals surface area contributed by atoms with Crippen molar-refractivity contribution in [3.8, 4) is 5.69 Å². The van der Waals surface area contributed by atoms with Gasteiger partial charge >= 0.3 is 0 Å². The van der Waals surface area contributed by atoms with Crippen LogP contribution in [-0.4, -0.2) is 15.7 Å². The number of benzene rings is 2. The van der Waals surface area contributed by atoms with Gasteiger partial charge in [0.2, 0.25) is 0 Å². The molecule has 3 rings (SSSR count). The third-order valence-corrected chi connectivity index (χ3v) is 3.45. The zero-order valence-corrected chi connectivity index (χ0v) is 12.9. The molecule has 4 heteroatoms. The summed E-state index contributed by atoms with van der Waals surface area (Å²) in [7, 11) is 0. The predicted octanol–water partition coefficient (Wildman–Crippen LogP) is 2.85. The van der Waals surface area contributed by atoms with Crippen molar-refractivity contribution in [3.05, 3.63) is 89.5 Å². The number of rotatable bonds is 3. The number of para-hydroxylation sites is 1. The fraction of sp³-hybridized carbons (Fsp3) is 0.105. The number of hydrogen-bond acceptors (Lipinski definition) is 2. The molecule has 1 aromatic heterocycles. The molecule has 0 bridgehead atoms. The Bertz CT molecular complexity index is 845. The second kappa shape index (κ2) is 6.83. The largest absolute Gasteiger partial charge is 0.272 e. The number of carbonyl (C=O) groups is 1. The fourth-order valence-corrected chi connectivity index (χ4v) is 2.21. The van der Waals surface area contributed by atoms with Crippen LogP contribution in [0.15, 0.2) is 78.0 Å². The molecule has 114 valence electrons. The third kappa shape index (κ3) is 4.01. The molecule has 2 aromatic carbocycles. The minimum Gasteiger partial charge on any atom is -0.272 e. The second-order valence-electron chi connectivity index (χ2n) is 5.33. The highest BCUT2D eigenvalue weighted by Gasteiger charge is 2.01. The monoisotopic (exact) mass is 303 g/mol. The maximum atomic E-state index is 12.0. The molecule has 0 aliphatic rings. The molecule has 1 heterocycles. The Kier molecular flexibility index (Phi) is 4.43. The van der Waals surface area contributed by atoms with Gasteiger partial charge in [-0.05, 0) is 30.7 Å². The molecule has 0 atom stereocenters. The van der Waals surface area contributed by atoms with Crippen molar-refractivity contribution in [1.82, 2.24) is 9.78 Å². The highest BCUT2D eigenvalue weighted by atomic mass is 16.1. The van der Waals surface area contributed by atoms with Gasteiger partial charge in [-0.2, -0.15) is 5.10 Å². The highest BCUT2D eigenvalue weighted by Crippen LogP contribution is 2.05. The molecule has 0 N–H and O–H groups in total. The molecule has 0 saturated heterocycles. The summed E-state index contributed by atoms with van der Waals surface area (Å²) in [5.41, 5.74) is 3.11. The molecule has 3 aromatic rings. The van der Waals surface area contributed by atoms with Crippen LogP contribution in [-0.2, 0) is 11.2 Å². The van der Waals surface area contributed by atoms with Gasteiger partial charge in [0.1, 0.15) is 0 Å². The number of nitrogens with zero attached hydrogens (tertiary/aromatic N) is 3. The van der Waals surface area contributed by atoms with E-state index in [4.69, 9.17) is 0 Å². The number of carbonyl (C=O) groups excluding carboxylic acids is 1. The Morgan fingerprint density at radius 3 is 2.43 bits per heavy atom. The van der Waals surface area contributed by atoms with Crippen LogP contribution in [0.25, 0.3) is 5.69 Å². The lowest BCUT2D eigenvalue weighted by Crippen LogP contribution is -2.12. The van der Waals surface area contributed by atoms with Gasteiger partial charge in [0.25, 0.3) is 5.91 Å². The quantitative estimate of drug-likeness (QED) is 0.747. The zero-order valence-electron chi connectivity index (χ0n) is 12.9. The maximum absolute atomic E-state index is 12.0. The van der Waals surface area contributed by atoms with Crippen molar-refractivity contribution in [2.45, 2.75) is 13.3 Å². The molecule has 0 unspecified atom stereocenters. The van der Waals surface area contributed by atoms with Crippen LogP contribution >= 0.6 is 0 Å². The first-order valence-electron chi connectivity index (χ1n) is 7.44. The van der Waals surface area contributed by atoms with E-state index in [1.807, 2.05) is 61.5 Å². The fourth-order valence-electron chi connectivity index (χ4n) is 2.21. The molecular weight excluding hydrogens is 286 g/mol. The average molecular weight is 303 g/mol. The van der Waals surface area contributed by atoms with Crippen LogP contribution in [0.1, 0.15) is 11.1 Å². The Labute approximate surface area is 134 Å². The number of aromatic nitrogens is 2. The Balaban J connectivity index is 1.74. The highest BCUT2D eigenvalue weighted by molar-refractivity contribution is 5.79. The first-order chi connectivity index (χ1) is 11.2. The van der Waals surface area contributed by atoms with E-state index in [2.05, 4.69) is 10.1 Å².